The summed E-state index contributed by atoms with van der Waals surface area (Å²) in [6.07, 6.45) is 1.80. The number of benzene rings is 1. The molecule has 1 aliphatic rings. The second-order valence-electron chi connectivity index (χ2n) is 7.34. The summed E-state index contributed by atoms with van der Waals surface area (Å²) in [6.45, 7) is 8.20. The van der Waals surface area contributed by atoms with Crippen LogP contribution in [-0.2, 0) is 4.74 Å². The molecule has 0 saturated heterocycles. The van der Waals surface area contributed by atoms with E-state index >= 15 is 0 Å². The van der Waals surface area contributed by atoms with Crippen LogP contribution in [0.25, 0.3) is 0 Å². The van der Waals surface area contributed by atoms with Gasteiger partial charge in [0.15, 0.2) is 0 Å². The Morgan fingerprint density at radius 3 is 2.61 bits per heavy atom. The Morgan fingerprint density at radius 2 is 2.00 bits per heavy atom. The van der Waals surface area contributed by atoms with Crippen molar-refractivity contribution in [3.63, 3.8) is 0 Å². The van der Waals surface area contributed by atoms with E-state index in [-0.39, 0.29) is 12.1 Å². The third-order valence-corrected chi connectivity index (χ3v) is 4.30. The van der Waals surface area contributed by atoms with Crippen LogP contribution in [0.3, 0.4) is 0 Å². The van der Waals surface area contributed by atoms with Crippen LogP contribution in [0.4, 0.5) is 4.79 Å². The van der Waals surface area contributed by atoms with Gasteiger partial charge in [-0.3, -0.25) is 0 Å². The molecule has 4 nitrogen and oxygen atoms in total. The van der Waals surface area contributed by atoms with Crippen molar-refractivity contribution in [1.82, 2.24) is 10.6 Å². The van der Waals surface area contributed by atoms with E-state index in [1.54, 1.807) is 0 Å². The second-order valence-corrected chi connectivity index (χ2v) is 7.74. The van der Waals surface area contributed by atoms with Crippen LogP contribution in [0.2, 0.25) is 5.02 Å². The summed E-state index contributed by atoms with van der Waals surface area (Å²) >= 11 is 6.24. The fraction of sp³-hybridized carbons (Fsp3) is 0.611. The molecule has 1 aliphatic carbocycles. The summed E-state index contributed by atoms with van der Waals surface area (Å²) in [7, 11) is 0. The van der Waals surface area contributed by atoms with Crippen LogP contribution in [0.1, 0.15) is 52.0 Å². The Labute approximate surface area is 143 Å². The smallest absolute Gasteiger partial charge is 0.407 e. The molecule has 0 aromatic heterocycles. The van der Waals surface area contributed by atoms with E-state index in [4.69, 9.17) is 16.3 Å². The predicted octanol–water partition coefficient (Wildman–Crippen LogP) is 4.09. The van der Waals surface area contributed by atoms with Crippen molar-refractivity contribution >= 4 is 17.7 Å². The Hall–Kier alpha value is -1.26. The Bertz CT molecular complexity index is 536. The molecule has 1 aromatic carbocycles. The largest absolute Gasteiger partial charge is 0.444 e. The number of carbonyl (C=O) groups is 1. The van der Waals surface area contributed by atoms with Crippen LogP contribution in [-0.4, -0.2) is 30.3 Å². The van der Waals surface area contributed by atoms with Gasteiger partial charge in [0.25, 0.3) is 0 Å². The minimum atomic E-state index is -0.461. The molecule has 1 atom stereocenters. The number of halogens is 1. The molecule has 1 fully saturated rings. The average Bonchev–Trinajstić information content (AvgIpc) is 2.39. The average molecular weight is 339 g/mol. The highest BCUT2D eigenvalue weighted by molar-refractivity contribution is 6.31. The number of nitrogens with one attached hydrogen (secondary N) is 2. The van der Waals surface area contributed by atoms with E-state index in [0.29, 0.717) is 18.5 Å². The van der Waals surface area contributed by atoms with Crippen molar-refractivity contribution in [1.29, 1.82) is 0 Å². The van der Waals surface area contributed by atoms with Crippen LogP contribution >= 0.6 is 11.6 Å². The number of alkyl carbamates (subject to hydrolysis) is 1. The van der Waals surface area contributed by atoms with Gasteiger partial charge in [-0.15, -0.1) is 0 Å². The van der Waals surface area contributed by atoms with Gasteiger partial charge >= 0.3 is 6.09 Å². The first-order valence-electron chi connectivity index (χ1n) is 8.22. The van der Waals surface area contributed by atoms with Crippen LogP contribution in [0.5, 0.6) is 0 Å². The van der Waals surface area contributed by atoms with E-state index in [2.05, 4.69) is 23.6 Å². The number of rotatable bonds is 5. The lowest BCUT2D eigenvalue weighted by atomic mass is 9.75. The summed E-state index contributed by atoms with van der Waals surface area (Å²) in [6, 6.07) is 8.74. The maximum absolute atomic E-state index is 11.6. The number of hydrogen-bond donors (Lipinski definition) is 2. The summed E-state index contributed by atoms with van der Waals surface area (Å²) < 4.78 is 5.23. The third-order valence-electron chi connectivity index (χ3n) is 3.95. The highest BCUT2D eigenvalue weighted by atomic mass is 35.5. The van der Waals surface area contributed by atoms with Gasteiger partial charge in [0.2, 0.25) is 0 Å². The summed E-state index contributed by atoms with van der Waals surface area (Å²) in [5.74, 6) is 0.534. The summed E-state index contributed by atoms with van der Waals surface area (Å²) in [5.41, 5.74) is 0.781. The molecule has 1 amide bonds. The molecular formula is C18H27ClN2O2. The van der Waals surface area contributed by atoms with E-state index in [1.165, 1.54) is 5.56 Å². The summed E-state index contributed by atoms with van der Waals surface area (Å²) in [5, 5.41) is 7.20. The van der Waals surface area contributed by atoms with Crippen LogP contribution in [0.15, 0.2) is 24.3 Å². The zero-order valence-corrected chi connectivity index (χ0v) is 15.1. The topological polar surface area (TPSA) is 50.4 Å². The quantitative estimate of drug-likeness (QED) is 0.850. The highest BCUT2D eigenvalue weighted by Gasteiger charge is 2.32. The predicted molar refractivity (Wildman–Crippen MR) is 94.0 cm³/mol. The van der Waals surface area contributed by atoms with Crippen molar-refractivity contribution in [2.24, 2.45) is 0 Å². The van der Waals surface area contributed by atoms with Gasteiger partial charge in [0.1, 0.15) is 5.60 Å². The monoisotopic (exact) mass is 338 g/mol. The van der Waals surface area contributed by atoms with E-state index < -0.39 is 5.60 Å². The standard InChI is InChI=1S/C18H27ClN2O2/c1-12(11-20-17(22)23-18(2,3)4)21-14-9-13(10-14)15-7-5-6-8-16(15)19/h5-8,12-14,21H,9-11H2,1-4H3,(H,20,22). The molecule has 5 heteroatoms. The third kappa shape index (κ3) is 5.70. The molecule has 0 heterocycles. The number of ether oxygens (including phenoxy) is 1. The fourth-order valence-electron chi connectivity index (χ4n) is 2.83. The molecule has 0 aliphatic heterocycles. The van der Waals surface area contributed by atoms with Crippen molar-refractivity contribution < 1.29 is 9.53 Å². The van der Waals surface area contributed by atoms with Crippen LogP contribution in [0, 0.1) is 0 Å². The first kappa shape index (κ1) is 18.1. The lowest BCUT2D eigenvalue weighted by Crippen LogP contribution is -2.49. The summed E-state index contributed by atoms with van der Waals surface area (Å²) in [4.78, 5) is 11.6. The van der Waals surface area contributed by atoms with Crippen molar-refractivity contribution in [2.45, 2.75) is 64.1 Å². The van der Waals surface area contributed by atoms with Crippen molar-refractivity contribution in [3.8, 4) is 0 Å². The van der Waals surface area contributed by atoms with Gasteiger partial charge in [0, 0.05) is 23.7 Å². The molecule has 0 spiro atoms. The first-order valence-corrected chi connectivity index (χ1v) is 8.59. The van der Waals surface area contributed by atoms with E-state index in [0.717, 1.165) is 17.9 Å². The molecule has 128 valence electrons. The lowest BCUT2D eigenvalue weighted by molar-refractivity contribution is 0.0521. The molecule has 2 N–H and O–H groups in total. The number of amides is 1. The van der Waals surface area contributed by atoms with Gasteiger partial charge in [-0.1, -0.05) is 29.8 Å². The maximum atomic E-state index is 11.6. The number of hydrogen-bond acceptors (Lipinski definition) is 3. The van der Waals surface area contributed by atoms with Crippen molar-refractivity contribution in [3.05, 3.63) is 34.9 Å². The SMILES string of the molecule is CC(CNC(=O)OC(C)(C)C)NC1CC(c2ccccc2Cl)C1. The van der Waals surface area contributed by atoms with Gasteiger partial charge in [-0.2, -0.15) is 0 Å². The first-order chi connectivity index (χ1) is 10.7. The molecule has 23 heavy (non-hydrogen) atoms. The van der Waals surface area contributed by atoms with Gasteiger partial charge in [-0.25, -0.2) is 4.79 Å². The minimum absolute atomic E-state index is 0.208. The Morgan fingerprint density at radius 1 is 1.35 bits per heavy atom. The normalized spacial score (nSPS) is 22.1. The molecule has 1 aromatic rings. The number of carbonyl (C=O) groups excluding carboxylic acids is 1. The molecule has 1 unspecified atom stereocenters. The molecule has 2 rings (SSSR count). The second kappa shape index (κ2) is 7.54. The highest BCUT2D eigenvalue weighted by Crippen LogP contribution is 2.39. The van der Waals surface area contributed by atoms with E-state index in [1.807, 2.05) is 39.0 Å². The molecule has 1 saturated carbocycles. The molecule has 0 bridgehead atoms. The Balaban J connectivity index is 1.67. The van der Waals surface area contributed by atoms with Gasteiger partial charge in [0.05, 0.1) is 0 Å². The molecular weight excluding hydrogens is 312 g/mol. The van der Waals surface area contributed by atoms with Crippen molar-refractivity contribution in [2.75, 3.05) is 6.54 Å². The van der Waals surface area contributed by atoms with Crippen LogP contribution < -0.4 is 10.6 Å². The zero-order chi connectivity index (χ0) is 17.0. The molecule has 0 radical (unpaired) electrons. The minimum Gasteiger partial charge on any atom is -0.444 e. The zero-order valence-electron chi connectivity index (χ0n) is 14.4. The van der Waals surface area contributed by atoms with E-state index in [9.17, 15) is 4.79 Å². The maximum Gasteiger partial charge on any atom is 0.407 e. The lowest BCUT2D eigenvalue weighted by Gasteiger charge is -2.38. The van der Waals surface area contributed by atoms with Gasteiger partial charge < -0.3 is 15.4 Å². The van der Waals surface area contributed by atoms with Gasteiger partial charge in [-0.05, 0) is 58.1 Å². The Kier molecular flexibility index (Phi) is 5.93. The fourth-order valence-corrected chi connectivity index (χ4v) is 3.12.